The number of hydrogen-bond acceptors (Lipinski definition) is 6. The Balaban J connectivity index is 3.24. The minimum Gasteiger partial charge on any atom is -0.300 e. The fraction of sp³-hybridized carbons (Fsp3) is 0.400. The van der Waals surface area contributed by atoms with Gasteiger partial charge < -0.3 is 0 Å². The Kier molecular flexibility index (Phi) is 5.83. The van der Waals surface area contributed by atoms with Gasteiger partial charge >= 0.3 is 11.6 Å². The Bertz CT molecular complexity index is 744. The molecule has 0 saturated heterocycles. The van der Waals surface area contributed by atoms with Crippen molar-refractivity contribution in [1.29, 1.82) is 0 Å². The van der Waals surface area contributed by atoms with E-state index in [4.69, 9.17) is 23.2 Å². The van der Waals surface area contributed by atoms with Gasteiger partial charge in [0.1, 0.15) is 5.38 Å². The Morgan fingerprint density at radius 2 is 2.13 bits per heavy atom. The van der Waals surface area contributed by atoms with E-state index in [-0.39, 0.29) is 0 Å². The van der Waals surface area contributed by atoms with Crippen molar-refractivity contribution in [2.24, 2.45) is 0 Å². The Labute approximate surface area is 138 Å². The molecule has 0 bridgehead atoms. The highest BCUT2D eigenvalue weighted by molar-refractivity contribution is 7.90. The second-order valence-corrected chi connectivity index (χ2v) is 7.12. The number of aromatic nitrogens is 1. The van der Waals surface area contributed by atoms with E-state index in [0.717, 1.165) is 6.26 Å². The van der Waals surface area contributed by atoms with Crippen molar-refractivity contribution < 1.29 is 26.9 Å². The Hall–Kier alpha value is -1.59. The number of anilines is 1. The van der Waals surface area contributed by atoms with E-state index in [1.54, 1.807) is 5.32 Å². The highest BCUT2D eigenvalue weighted by atomic mass is 35.5. The molecule has 0 radical (unpaired) electrons. The average Bonchev–Trinajstić information content (AvgIpc) is 2.44. The normalized spacial score (nSPS) is 13.4. The highest BCUT2D eigenvalue weighted by Crippen LogP contribution is 2.29. The molecule has 128 valence electrons. The smallest absolute Gasteiger partial charge is 0.300 e. The van der Waals surface area contributed by atoms with Crippen LogP contribution in [0.2, 0.25) is 0 Å². The number of carbonyl (C=O) groups is 1. The predicted octanol–water partition coefficient (Wildman–Crippen LogP) is 1.81. The molecule has 23 heavy (non-hydrogen) atoms. The fourth-order valence-corrected chi connectivity index (χ4v) is 2.17. The molecule has 1 aromatic rings. The molecule has 1 atom stereocenters. The van der Waals surface area contributed by atoms with E-state index in [0.29, 0.717) is 12.3 Å². The van der Waals surface area contributed by atoms with Gasteiger partial charge in [-0.15, -0.1) is 23.2 Å². The van der Waals surface area contributed by atoms with Gasteiger partial charge in [0.25, 0.3) is 5.91 Å². The number of sulfone groups is 1. The molecule has 0 fully saturated rings. The summed E-state index contributed by atoms with van der Waals surface area (Å²) in [5.41, 5.74) is -0.964. The quantitative estimate of drug-likeness (QED) is 0.448. The summed E-state index contributed by atoms with van der Waals surface area (Å²) in [5, 5.41) is 10.4. The minimum absolute atomic E-state index is 0.509. The summed E-state index contributed by atoms with van der Waals surface area (Å²) in [6.07, 6.45) is 1.47. The molecule has 1 amide bonds. The van der Waals surface area contributed by atoms with E-state index in [2.05, 4.69) is 4.98 Å². The van der Waals surface area contributed by atoms with Crippen LogP contribution in [0.15, 0.2) is 17.2 Å². The van der Waals surface area contributed by atoms with E-state index in [9.17, 15) is 32.1 Å². The standard InChI is InChI=1S/C10H9Cl2F2N3O5S/c1-23(21,22)5-2-6(17(19)20)8(15-4-5)16-9(18)10(13,14)7(12)3-11/h2,4,7H,3H2,1H3,(H,15,16,18). The molecule has 1 N–H and O–H groups in total. The molecule has 0 aromatic carbocycles. The molecule has 8 nitrogen and oxygen atoms in total. The summed E-state index contributed by atoms with van der Waals surface area (Å²) < 4.78 is 49.8. The summed E-state index contributed by atoms with van der Waals surface area (Å²) in [6.45, 7) is 0. The summed E-state index contributed by atoms with van der Waals surface area (Å²) >= 11 is 10.4. The van der Waals surface area contributed by atoms with E-state index < -0.39 is 54.2 Å². The van der Waals surface area contributed by atoms with Crippen LogP contribution in [0.3, 0.4) is 0 Å². The average molecular weight is 392 g/mol. The molecule has 0 aliphatic heterocycles. The first-order valence-corrected chi connectivity index (χ1v) is 8.51. The van der Waals surface area contributed by atoms with Gasteiger partial charge in [-0.25, -0.2) is 13.4 Å². The van der Waals surface area contributed by atoms with E-state index in [1.807, 2.05) is 0 Å². The van der Waals surface area contributed by atoms with Crippen molar-refractivity contribution in [2.45, 2.75) is 16.2 Å². The van der Waals surface area contributed by atoms with E-state index in [1.165, 1.54) is 0 Å². The lowest BCUT2D eigenvalue weighted by Gasteiger charge is -2.18. The van der Waals surface area contributed by atoms with Gasteiger partial charge in [-0.05, 0) is 0 Å². The van der Waals surface area contributed by atoms with Crippen LogP contribution in [-0.4, -0.2) is 47.7 Å². The van der Waals surface area contributed by atoms with Crippen LogP contribution in [0.1, 0.15) is 0 Å². The third-order valence-electron chi connectivity index (χ3n) is 2.53. The first-order chi connectivity index (χ1) is 10.4. The van der Waals surface area contributed by atoms with Gasteiger partial charge in [-0.1, -0.05) is 0 Å². The summed E-state index contributed by atoms with van der Waals surface area (Å²) in [7, 11) is -3.82. The number of halogens is 4. The van der Waals surface area contributed by atoms with E-state index >= 15 is 0 Å². The largest absolute Gasteiger partial charge is 0.342 e. The van der Waals surface area contributed by atoms with Gasteiger partial charge in [0.15, 0.2) is 9.84 Å². The van der Waals surface area contributed by atoms with Crippen molar-refractivity contribution in [3.8, 4) is 0 Å². The molecule has 1 rings (SSSR count). The molecule has 1 aromatic heterocycles. The molecular formula is C10H9Cl2F2N3O5S. The molecule has 0 saturated carbocycles. The zero-order chi connectivity index (χ0) is 18.0. The van der Waals surface area contributed by atoms with Crippen molar-refractivity contribution in [3.05, 3.63) is 22.4 Å². The SMILES string of the molecule is CS(=O)(=O)c1cnc(NC(=O)C(F)(F)C(Cl)CCl)c([N+](=O)[O-])c1. The number of hydrogen-bond donors (Lipinski definition) is 1. The molecule has 1 heterocycles. The number of nitrogens with one attached hydrogen (secondary N) is 1. The number of alkyl halides is 4. The molecule has 13 heteroatoms. The number of pyridine rings is 1. The zero-order valence-electron chi connectivity index (χ0n) is 11.3. The Morgan fingerprint density at radius 3 is 2.57 bits per heavy atom. The van der Waals surface area contributed by atoms with Gasteiger partial charge in [-0.2, -0.15) is 8.78 Å². The van der Waals surface area contributed by atoms with Crippen LogP contribution in [0.4, 0.5) is 20.3 Å². The van der Waals surface area contributed by atoms with Crippen molar-refractivity contribution in [3.63, 3.8) is 0 Å². The lowest BCUT2D eigenvalue weighted by molar-refractivity contribution is -0.384. The van der Waals surface area contributed by atoms with Crippen molar-refractivity contribution in [1.82, 2.24) is 4.98 Å². The highest BCUT2D eigenvalue weighted by Gasteiger charge is 2.46. The minimum atomic E-state index is -4.12. The third-order valence-corrected chi connectivity index (χ3v) is 4.51. The maximum atomic E-state index is 13.6. The number of rotatable bonds is 6. The lowest BCUT2D eigenvalue weighted by atomic mass is 10.2. The van der Waals surface area contributed by atoms with Gasteiger partial charge in [0.05, 0.1) is 9.82 Å². The van der Waals surface area contributed by atoms with Crippen LogP contribution in [0, 0.1) is 10.1 Å². The second kappa shape index (κ2) is 6.89. The summed E-state index contributed by atoms with van der Waals surface area (Å²) in [4.78, 5) is 24.2. The van der Waals surface area contributed by atoms with Gasteiger partial charge in [0.2, 0.25) is 5.82 Å². The van der Waals surface area contributed by atoms with Crippen LogP contribution < -0.4 is 5.32 Å². The molecule has 1 unspecified atom stereocenters. The number of nitrogens with zero attached hydrogens (tertiary/aromatic N) is 2. The van der Waals surface area contributed by atoms with Crippen LogP contribution >= 0.6 is 23.2 Å². The molecular weight excluding hydrogens is 383 g/mol. The predicted molar refractivity (Wildman–Crippen MR) is 77.9 cm³/mol. The summed E-state index contributed by atoms with van der Waals surface area (Å²) in [5.74, 6) is -7.66. The number of nitro groups is 1. The first-order valence-electron chi connectivity index (χ1n) is 5.65. The molecule has 0 aliphatic carbocycles. The van der Waals surface area contributed by atoms with Crippen LogP contribution in [0.25, 0.3) is 0 Å². The van der Waals surface area contributed by atoms with Gasteiger partial charge in [-0.3, -0.25) is 20.2 Å². The number of carbonyl (C=O) groups excluding carboxylic acids is 1. The maximum absolute atomic E-state index is 13.6. The van der Waals surface area contributed by atoms with Gasteiger partial charge in [0, 0.05) is 24.4 Å². The van der Waals surface area contributed by atoms with Crippen LogP contribution in [0.5, 0.6) is 0 Å². The molecule has 0 spiro atoms. The second-order valence-electron chi connectivity index (χ2n) is 4.27. The number of amides is 1. The van der Waals surface area contributed by atoms with Crippen molar-refractivity contribution >= 4 is 50.5 Å². The zero-order valence-corrected chi connectivity index (χ0v) is 13.6. The monoisotopic (exact) mass is 391 g/mol. The molecule has 0 aliphatic rings. The maximum Gasteiger partial charge on any atom is 0.342 e. The summed E-state index contributed by atoms with van der Waals surface area (Å²) in [6, 6.07) is 0.593. The fourth-order valence-electron chi connectivity index (χ4n) is 1.30. The third kappa shape index (κ3) is 4.45. The lowest BCUT2D eigenvalue weighted by Crippen LogP contribution is -2.43. The van der Waals surface area contributed by atoms with Crippen LogP contribution in [-0.2, 0) is 14.6 Å². The Morgan fingerprint density at radius 1 is 1.57 bits per heavy atom. The first kappa shape index (κ1) is 19.5. The van der Waals surface area contributed by atoms with Crippen molar-refractivity contribution in [2.75, 3.05) is 17.5 Å². The topological polar surface area (TPSA) is 119 Å².